The fraction of sp³-hybridized carbons (Fsp3) is 0.467. The molecule has 0 radical (unpaired) electrons. The first-order valence-corrected chi connectivity index (χ1v) is 6.13. The second kappa shape index (κ2) is 6.44. The lowest BCUT2D eigenvalue weighted by Crippen LogP contribution is -1.98. The molecule has 82 valence electrons. The van der Waals surface area contributed by atoms with Crippen LogP contribution in [0.15, 0.2) is 30.3 Å². The lowest BCUT2D eigenvalue weighted by Gasteiger charge is -2.16. The third kappa shape index (κ3) is 3.23. The van der Waals surface area contributed by atoms with E-state index in [4.69, 9.17) is 0 Å². The molecule has 0 fully saturated rings. The van der Waals surface area contributed by atoms with E-state index in [0.29, 0.717) is 0 Å². The minimum Gasteiger partial charge on any atom is -0.0839 e. The summed E-state index contributed by atoms with van der Waals surface area (Å²) in [4.78, 5) is 0. The fourth-order valence-electron chi connectivity index (χ4n) is 2.02. The highest BCUT2D eigenvalue weighted by Crippen LogP contribution is 2.27. The Balaban J connectivity index is 0.000000531. The van der Waals surface area contributed by atoms with Gasteiger partial charge in [-0.2, -0.15) is 0 Å². The van der Waals surface area contributed by atoms with Crippen molar-refractivity contribution in [3.8, 4) is 0 Å². The molecule has 0 bridgehead atoms. The second-order valence-electron chi connectivity index (χ2n) is 3.86. The average molecular weight is 202 g/mol. The van der Waals surface area contributed by atoms with Crippen molar-refractivity contribution in [3.05, 3.63) is 41.5 Å². The molecule has 0 aliphatic heterocycles. The number of hydrogen-bond acceptors (Lipinski definition) is 0. The van der Waals surface area contributed by atoms with Gasteiger partial charge < -0.3 is 0 Å². The molecule has 1 unspecified atom stereocenters. The van der Waals surface area contributed by atoms with Crippen molar-refractivity contribution in [2.75, 3.05) is 0 Å². The predicted octanol–water partition coefficient (Wildman–Crippen LogP) is 5.01. The summed E-state index contributed by atoms with van der Waals surface area (Å²) in [5, 5.41) is 0. The van der Waals surface area contributed by atoms with Gasteiger partial charge in [-0.05, 0) is 36.3 Å². The maximum atomic E-state index is 2.33. The number of rotatable bonds is 0. The quantitative estimate of drug-likeness (QED) is 0.554. The maximum Gasteiger partial charge on any atom is -0.0184 e. The number of allylic oxidation sites excluding steroid dienone is 1. The molecule has 0 heteroatoms. The minimum absolute atomic E-state index is 0.723. The van der Waals surface area contributed by atoms with Crippen molar-refractivity contribution in [1.29, 1.82) is 0 Å². The van der Waals surface area contributed by atoms with E-state index in [1.807, 2.05) is 13.8 Å². The van der Waals surface area contributed by atoms with E-state index in [-0.39, 0.29) is 0 Å². The summed E-state index contributed by atoms with van der Waals surface area (Å²) in [6.07, 6.45) is 8.45. The molecule has 2 rings (SSSR count). The van der Waals surface area contributed by atoms with E-state index < -0.39 is 0 Å². The van der Waals surface area contributed by atoms with E-state index in [9.17, 15) is 0 Å². The first-order valence-electron chi connectivity index (χ1n) is 6.13. The molecule has 0 saturated carbocycles. The first kappa shape index (κ1) is 12.0. The van der Waals surface area contributed by atoms with Crippen molar-refractivity contribution in [2.45, 2.75) is 46.0 Å². The Morgan fingerprint density at radius 1 is 1.13 bits per heavy atom. The smallest absolute Gasteiger partial charge is 0.0184 e. The van der Waals surface area contributed by atoms with Gasteiger partial charge in [0.1, 0.15) is 0 Å². The van der Waals surface area contributed by atoms with Crippen LogP contribution in [0.1, 0.15) is 57.1 Å². The summed E-state index contributed by atoms with van der Waals surface area (Å²) in [5.74, 6) is 0.723. The maximum absolute atomic E-state index is 2.33. The van der Waals surface area contributed by atoms with Gasteiger partial charge in [-0.1, -0.05) is 57.2 Å². The molecule has 1 atom stereocenters. The van der Waals surface area contributed by atoms with Crippen LogP contribution in [-0.2, 0) is 0 Å². The van der Waals surface area contributed by atoms with Crippen LogP contribution in [0.5, 0.6) is 0 Å². The van der Waals surface area contributed by atoms with Crippen LogP contribution in [0, 0.1) is 0 Å². The highest BCUT2D eigenvalue weighted by molar-refractivity contribution is 5.55. The van der Waals surface area contributed by atoms with E-state index in [1.54, 1.807) is 0 Å². The molecule has 0 amide bonds. The minimum atomic E-state index is 0.723. The van der Waals surface area contributed by atoms with Crippen LogP contribution < -0.4 is 0 Å². The molecule has 1 aromatic carbocycles. The van der Waals surface area contributed by atoms with E-state index in [1.165, 1.54) is 30.4 Å². The van der Waals surface area contributed by atoms with Crippen molar-refractivity contribution in [1.82, 2.24) is 0 Å². The first-order chi connectivity index (χ1) is 7.38. The Bertz CT molecular complexity index is 310. The zero-order valence-electron chi connectivity index (χ0n) is 10.2. The molecule has 1 aliphatic carbocycles. The molecule has 1 aliphatic rings. The van der Waals surface area contributed by atoms with Crippen LogP contribution >= 0.6 is 0 Å². The summed E-state index contributed by atoms with van der Waals surface area (Å²) in [6.45, 7) is 6.33. The summed E-state index contributed by atoms with van der Waals surface area (Å²) >= 11 is 0. The monoisotopic (exact) mass is 202 g/mol. The van der Waals surface area contributed by atoms with Gasteiger partial charge in [0.2, 0.25) is 0 Å². The number of hydrogen-bond donors (Lipinski definition) is 0. The Labute approximate surface area is 94.0 Å². The topological polar surface area (TPSA) is 0 Å². The van der Waals surface area contributed by atoms with Gasteiger partial charge in [0.15, 0.2) is 0 Å². The second-order valence-corrected chi connectivity index (χ2v) is 3.86. The number of benzene rings is 1. The Kier molecular flexibility index (Phi) is 5.17. The fourth-order valence-corrected chi connectivity index (χ4v) is 2.02. The largest absolute Gasteiger partial charge is 0.0839 e. The Hall–Kier alpha value is -1.04. The van der Waals surface area contributed by atoms with Gasteiger partial charge in [0.25, 0.3) is 0 Å². The van der Waals surface area contributed by atoms with Crippen LogP contribution in [0.2, 0.25) is 0 Å². The number of fused-ring (bicyclic) bond motifs is 1. The Morgan fingerprint density at radius 3 is 2.67 bits per heavy atom. The molecule has 0 saturated heterocycles. The molecular weight excluding hydrogens is 180 g/mol. The zero-order valence-corrected chi connectivity index (χ0v) is 10.2. The lowest BCUT2D eigenvalue weighted by atomic mass is 9.89. The third-order valence-corrected chi connectivity index (χ3v) is 2.83. The van der Waals surface area contributed by atoms with Crippen LogP contribution in [0.4, 0.5) is 0 Å². The van der Waals surface area contributed by atoms with E-state index >= 15 is 0 Å². The van der Waals surface area contributed by atoms with Gasteiger partial charge in [-0.3, -0.25) is 0 Å². The van der Waals surface area contributed by atoms with Gasteiger partial charge in [-0.25, -0.2) is 0 Å². The summed E-state index contributed by atoms with van der Waals surface area (Å²) in [6, 6.07) is 8.74. The Morgan fingerprint density at radius 2 is 1.87 bits per heavy atom. The van der Waals surface area contributed by atoms with Crippen LogP contribution in [-0.4, -0.2) is 0 Å². The molecule has 0 heterocycles. The van der Waals surface area contributed by atoms with Crippen molar-refractivity contribution < 1.29 is 0 Å². The molecule has 15 heavy (non-hydrogen) atoms. The SMILES string of the molecule is CC.CC1CCC/C=C/c2ccccc21. The predicted molar refractivity (Wildman–Crippen MR) is 69.1 cm³/mol. The van der Waals surface area contributed by atoms with Crippen molar-refractivity contribution >= 4 is 6.08 Å². The highest BCUT2D eigenvalue weighted by atomic mass is 14.1. The summed E-state index contributed by atoms with van der Waals surface area (Å²) < 4.78 is 0. The third-order valence-electron chi connectivity index (χ3n) is 2.83. The van der Waals surface area contributed by atoms with Crippen molar-refractivity contribution in [2.24, 2.45) is 0 Å². The van der Waals surface area contributed by atoms with Crippen LogP contribution in [0.25, 0.3) is 6.08 Å². The molecular formula is C15H22. The van der Waals surface area contributed by atoms with Crippen molar-refractivity contribution in [3.63, 3.8) is 0 Å². The normalized spacial score (nSPS) is 21.4. The standard InChI is InChI=1S/C13H16.C2H6/c1-11-7-3-2-4-8-12-9-5-6-10-13(11)12;1-2/h4-6,8-11H,2-3,7H2,1H3;1-2H3/b8-4+;. The summed E-state index contributed by atoms with van der Waals surface area (Å²) in [7, 11) is 0. The van der Waals surface area contributed by atoms with Gasteiger partial charge in [-0.15, -0.1) is 0 Å². The van der Waals surface area contributed by atoms with Gasteiger partial charge in [0, 0.05) is 0 Å². The van der Waals surface area contributed by atoms with Gasteiger partial charge >= 0.3 is 0 Å². The average Bonchev–Trinajstić information content (AvgIpc) is 2.29. The molecule has 0 nitrogen and oxygen atoms in total. The molecule has 0 aromatic heterocycles. The molecule has 0 N–H and O–H groups in total. The zero-order chi connectivity index (χ0) is 11.1. The molecule has 0 spiro atoms. The lowest BCUT2D eigenvalue weighted by molar-refractivity contribution is 0.636. The highest BCUT2D eigenvalue weighted by Gasteiger charge is 2.09. The van der Waals surface area contributed by atoms with E-state index in [2.05, 4.69) is 43.3 Å². The van der Waals surface area contributed by atoms with E-state index in [0.717, 1.165) is 5.92 Å². The summed E-state index contributed by atoms with van der Waals surface area (Å²) in [5.41, 5.74) is 2.92. The van der Waals surface area contributed by atoms with Gasteiger partial charge in [0.05, 0.1) is 0 Å². The van der Waals surface area contributed by atoms with Crippen LogP contribution in [0.3, 0.4) is 0 Å². The molecule has 1 aromatic rings.